The summed E-state index contributed by atoms with van der Waals surface area (Å²) in [5, 5.41) is 3.01. The van der Waals surface area contributed by atoms with Crippen molar-refractivity contribution in [3.63, 3.8) is 0 Å². The molecule has 0 aliphatic heterocycles. The first-order chi connectivity index (χ1) is 7.77. The molecule has 1 aromatic rings. The second kappa shape index (κ2) is 6.59. The molecule has 0 spiro atoms. The number of pyridine rings is 1. The monoisotopic (exact) mass is 218 g/mol. The maximum Gasteiger partial charge on any atom is 0.356 e. The summed E-state index contributed by atoms with van der Waals surface area (Å²) in [6.07, 6.45) is 2.36. The highest BCUT2D eigenvalue weighted by molar-refractivity contribution is 5.87. The number of nitrogens with zero attached hydrogens (tertiary/aromatic N) is 1. The average molecular weight is 218 g/mol. The molecule has 0 atom stereocenters. The molecule has 1 heterocycles. The first kappa shape index (κ1) is 12.2. The molecule has 0 saturated heterocycles. The standard InChI is InChI=1S/C12H14N2O2/c1-13-8-4-3-5-10-6-7-11(14-9-10)12(15)16-2/h6-7,9,13H,4,8H2,1-2H3. The lowest BCUT2D eigenvalue weighted by atomic mass is 10.2. The Kier molecular flexibility index (Phi) is 5.03. The van der Waals surface area contributed by atoms with Gasteiger partial charge in [0.2, 0.25) is 0 Å². The fraction of sp³-hybridized carbons (Fsp3) is 0.333. The van der Waals surface area contributed by atoms with Gasteiger partial charge in [-0.25, -0.2) is 9.78 Å². The molecule has 0 aliphatic rings. The van der Waals surface area contributed by atoms with E-state index < -0.39 is 5.97 Å². The molecule has 0 radical (unpaired) electrons. The van der Waals surface area contributed by atoms with Crippen molar-refractivity contribution in [2.24, 2.45) is 0 Å². The first-order valence-electron chi connectivity index (χ1n) is 4.95. The van der Waals surface area contributed by atoms with Crippen molar-refractivity contribution in [2.75, 3.05) is 20.7 Å². The minimum atomic E-state index is -0.435. The Morgan fingerprint density at radius 1 is 1.56 bits per heavy atom. The second-order valence-corrected chi connectivity index (χ2v) is 3.08. The van der Waals surface area contributed by atoms with Gasteiger partial charge in [-0.15, -0.1) is 0 Å². The number of carbonyl (C=O) groups is 1. The zero-order valence-electron chi connectivity index (χ0n) is 9.41. The van der Waals surface area contributed by atoms with E-state index in [1.165, 1.54) is 7.11 Å². The van der Waals surface area contributed by atoms with Crippen molar-refractivity contribution in [3.8, 4) is 11.8 Å². The van der Waals surface area contributed by atoms with Crippen molar-refractivity contribution >= 4 is 5.97 Å². The molecule has 0 unspecified atom stereocenters. The number of methoxy groups -OCH3 is 1. The number of nitrogens with one attached hydrogen (secondary N) is 1. The molecule has 1 N–H and O–H groups in total. The molecular formula is C12H14N2O2. The third-order valence-electron chi connectivity index (χ3n) is 1.89. The van der Waals surface area contributed by atoms with Crippen LogP contribution in [-0.2, 0) is 4.74 Å². The molecule has 1 aromatic heterocycles. The molecule has 0 aromatic carbocycles. The van der Waals surface area contributed by atoms with Crippen LogP contribution in [0, 0.1) is 11.8 Å². The Balaban J connectivity index is 2.63. The van der Waals surface area contributed by atoms with Crippen LogP contribution in [0.1, 0.15) is 22.5 Å². The van der Waals surface area contributed by atoms with Crippen LogP contribution in [0.15, 0.2) is 18.3 Å². The number of esters is 1. The number of aromatic nitrogens is 1. The highest BCUT2D eigenvalue weighted by Gasteiger charge is 2.04. The van der Waals surface area contributed by atoms with Crippen LogP contribution in [0.5, 0.6) is 0 Å². The number of rotatable bonds is 3. The largest absolute Gasteiger partial charge is 0.464 e. The van der Waals surface area contributed by atoms with E-state index in [4.69, 9.17) is 0 Å². The van der Waals surface area contributed by atoms with Gasteiger partial charge >= 0.3 is 5.97 Å². The first-order valence-corrected chi connectivity index (χ1v) is 4.95. The second-order valence-electron chi connectivity index (χ2n) is 3.08. The number of carbonyl (C=O) groups excluding carboxylic acids is 1. The highest BCUT2D eigenvalue weighted by atomic mass is 16.5. The summed E-state index contributed by atoms with van der Waals surface area (Å²) in [7, 11) is 3.21. The van der Waals surface area contributed by atoms with Gasteiger partial charge in [0.1, 0.15) is 5.69 Å². The smallest absolute Gasteiger partial charge is 0.356 e. The lowest BCUT2D eigenvalue weighted by Gasteiger charge is -1.97. The van der Waals surface area contributed by atoms with Gasteiger partial charge in [0.05, 0.1) is 7.11 Å². The molecule has 84 valence electrons. The third kappa shape index (κ3) is 3.71. The van der Waals surface area contributed by atoms with Gasteiger partial charge in [-0.05, 0) is 19.2 Å². The number of ether oxygens (including phenoxy) is 1. The zero-order chi connectivity index (χ0) is 11.8. The molecule has 4 heteroatoms. The molecular weight excluding hydrogens is 204 g/mol. The summed E-state index contributed by atoms with van der Waals surface area (Å²) in [5.74, 6) is 5.52. The van der Waals surface area contributed by atoms with E-state index in [2.05, 4.69) is 26.9 Å². The van der Waals surface area contributed by atoms with Crippen LogP contribution in [0.4, 0.5) is 0 Å². The van der Waals surface area contributed by atoms with Crippen LogP contribution < -0.4 is 5.32 Å². The molecule has 1 rings (SSSR count). The van der Waals surface area contributed by atoms with Crippen molar-refractivity contribution in [1.82, 2.24) is 10.3 Å². The predicted molar refractivity (Wildman–Crippen MR) is 61.0 cm³/mol. The topological polar surface area (TPSA) is 51.2 Å². The summed E-state index contributed by atoms with van der Waals surface area (Å²) in [6, 6.07) is 3.36. The summed E-state index contributed by atoms with van der Waals surface area (Å²) in [5.41, 5.74) is 1.09. The lowest BCUT2D eigenvalue weighted by molar-refractivity contribution is 0.0594. The van der Waals surface area contributed by atoms with Gasteiger partial charge in [-0.3, -0.25) is 0 Å². The molecule has 0 saturated carbocycles. The minimum Gasteiger partial charge on any atom is -0.464 e. The van der Waals surface area contributed by atoms with Crippen LogP contribution in [0.2, 0.25) is 0 Å². The van der Waals surface area contributed by atoms with Gasteiger partial charge in [0.15, 0.2) is 0 Å². The van der Waals surface area contributed by atoms with Crippen molar-refractivity contribution in [3.05, 3.63) is 29.6 Å². The van der Waals surface area contributed by atoms with Crippen LogP contribution >= 0.6 is 0 Å². The quantitative estimate of drug-likeness (QED) is 0.464. The van der Waals surface area contributed by atoms with E-state index in [0.717, 1.165) is 18.5 Å². The zero-order valence-corrected chi connectivity index (χ0v) is 9.41. The fourth-order valence-corrected chi connectivity index (χ4v) is 1.05. The van der Waals surface area contributed by atoms with E-state index in [1.807, 2.05) is 7.05 Å². The SMILES string of the molecule is CNCCC#Cc1ccc(C(=O)OC)nc1. The molecule has 0 bridgehead atoms. The molecule has 0 fully saturated rings. The fourth-order valence-electron chi connectivity index (χ4n) is 1.05. The van der Waals surface area contributed by atoms with Crippen LogP contribution in [-0.4, -0.2) is 31.7 Å². The number of hydrogen-bond donors (Lipinski definition) is 1. The van der Waals surface area contributed by atoms with E-state index in [-0.39, 0.29) is 0 Å². The van der Waals surface area contributed by atoms with Crippen molar-refractivity contribution in [2.45, 2.75) is 6.42 Å². The summed E-state index contributed by atoms with van der Waals surface area (Å²) < 4.78 is 4.54. The molecule has 4 nitrogen and oxygen atoms in total. The number of hydrogen-bond acceptors (Lipinski definition) is 4. The average Bonchev–Trinajstić information content (AvgIpc) is 2.34. The molecule has 0 aliphatic carbocycles. The van der Waals surface area contributed by atoms with Crippen molar-refractivity contribution < 1.29 is 9.53 Å². The molecule has 16 heavy (non-hydrogen) atoms. The summed E-state index contributed by atoms with van der Waals surface area (Å²) in [4.78, 5) is 15.1. The summed E-state index contributed by atoms with van der Waals surface area (Å²) in [6.45, 7) is 0.862. The molecule has 0 amide bonds. The maximum atomic E-state index is 11.1. The van der Waals surface area contributed by atoms with E-state index >= 15 is 0 Å². The van der Waals surface area contributed by atoms with Gasteiger partial charge in [-0.2, -0.15) is 0 Å². The van der Waals surface area contributed by atoms with Gasteiger partial charge in [0.25, 0.3) is 0 Å². The Bertz CT molecular complexity index is 401. The van der Waals surface area contributed by atoms with Crippen LogP contribution in [0.3, 0.4) is 0 Å². The van der Waals surface area contributed by atoms with E-state index in [0.29, 0.717) is 5.69 Å². The third-order valence-corrected chi connectivity index (χ3v) is 1.89. The van der Waals surface area contributed by atoms with Gasteiger partial charge in [-0.1, -0.05) is 11.8 Å². The van der Waals surface area contributed by atoms with Gasteiger partial charge < -0.3 is 10.1 Å². The van der Waals surface area contributed by atoms with E-state index in [1.54, 1.807) is 18.3 Å². The van der Waals surface area contributed by atoms with Crippen LogP contribution in [0.25, 0.3) is 0 Å². The minimum absolute atomic E-state index is 0.295. The normalized spacial score (nSPS) is 9.12. The Morgan fingerprint density at radius 2 is 2.38 bits per heavy atom. The van der Waals surface area contributed by atoms with E-state index in [9.17, 15) is 4.79 Å². The summed E-state index contributed by atoms with van der Waals surface area (Å²) >= 11 is 0. The lowest BCUT2D eigenvalue weighted by Crippen LogP contribution is -2.06. The van der Waals surface area contributed by atoms with Crippen molar-refractivity contribution in [1.29, 1.82) is 0 Å². The van der Waals surface area contributed by atoms with Gasteiger partial charge in [0, 0.05) is 24.7 Å². The highest BCUT2D eigenvalue weighted by Crippen LogP contribution is 2.00. The maximum absolute atomic E-state index is 11.1. The predicted octanol–water partition coefficient (Wildman–Crippen LogP) is 0.829. The Morgan fingerprint density at radius 3 is 2.94 bits per heavy atom. The Labute approximate surface area is 95.0 Å². The Hall–Kier alpha value is -1.86.